The monoisotopic (exact) mass is 263 g/mol. The van der Waals surface area contributed by atoms with Crippen LogP contribution in [0.2, 0.25) is 10.0 Å². The second kappa shape index (κ2) is 5.04. The molecule has 0 aliphatic carbocycles. The predicted octanol–water partition coefficient (Wildman–Crippen LogP) is 4.25. The molecular weight excluding hydrogens is 255 g/mol. The molecule has 0 spiro atoms. The molecule has 3 heteroatoms. The van der Waals surface area contributed by atoms with Crippen molar-refractivity contribution in [2.75, 3.05) is 0 Å². The molecule has 0 fully saturated rings. The fraction of sp³-hybridized carbons (Fsp3) is 0.0769. The minimum atomic E-state index is 0.162. The van der Waals surface area contributed by atoms with Gasteiger partial charge in [-0.2, -0.15) is 0 Å². The van der Waals surface area contributed by atoms with Crippen LogP contribution in [-0.2, 0) is 0 Å². The van der Waals surface area contributed by atoms with Crippen LogP contribution in [0.4, 0.5) is 0 Å². The van der Waals surface area contributed by atoms with Gasteiger partial charge in [0.15, 0.2) is 0 Å². The molecule has 16 heavy (non-hydrogen) atoms. The summed E-state index contributed by atoms with van der Waals surface area (Å²) in [7, 11) is 3.71. The van der Waals surface area contributed by atoms with Crippen LogP contribution in [0.15, 0.2) is 48.5 Å². The minimum absolute atomic E-state index is 0.162. The van der Waals surface area contributed by atoms with E-state index in [2.05, 4.69) is 10.2 Å². The van der Waals surface area contributed by atoms with Crippen LogP contribution in [0.1, 0.15) is 16.7 Å². The molecule has 0 N–H and O–H groups in total. The Morgan fingerprint density at radius 1 is 0.688 bits per heavy atom. The zero-order valence-electron chi connectivity index (χ0n) is 8.45. The lowest BCUT2D eigenvalue weighted by Gasteiger charge is -2.12. The molecule has 3 radical (unpaired) electrons. The molecule has 0 aromatic heterocycles. The Kier molecular flexibility index (Phi) is 3.69. The summed E-state index contributed by atoms with van der Waals surface area (Å²) in [5.41, 5.74) is 2.50. The molecule has 0 aliphatic heterocycles. The quantitative estimate of drug-likeness (QED) is 0.711. The highest BCUT2D eigenvalue weighted by Crippen LogP contribution is 2.23. The molecule has 0 saturated carbocycles. The smallest absolute Gasteiger partial charge is 0.0406 e. The van der Waals surface area contributed by atoms with Crippen LogP contribution in [0.5, 0.6) is 0 Å². The zero-order chi connectivity index (χ0) is 11.5. The van der Waals surface area contributed by atoms with E-state index in [0.717, 1.165) is 10.0 Å². The van der Waals surface area contributed by atoms with Crippen molar-refractivity contribution in [2.45, 2.75) is 5.54 Å². The van der Waals surface area contributed by atoms with Gasteiger partial charge in [0.2, 0.25) is 0 Å². The molecule has 79 valence electrons. The highest BCUT2D eigenvalue weighted by Gasteiger charge is 2.07. The van der Waals surface area contributed by atoms with E-state index in [1.54, 1.807) is 0 Å². The van der Waals surface area contributed by atoms with Crippen molar-refractivity contribution >= 4 is 33.4 Å². The summed E-state index contributed by atoms with van der Waals surface area (Å²) in [5, 5.41) is 1.50. The summed E-state index contributed by atoms with van der Waals surface area (Å²) in [6, 6.07) is 15.6. The third-order valence-corrected chi connectivity index (χ3v) is 3.58. The van der Waals surface area contributed by atoms with Crippen molar-refractivity contribution < 1.29 is 0 Å². The summed E-state index contributed by atoms with van der Waals surface area (Å²) >= 11 is 11.7. The SMILES string of the molecule is [Si]C(c1ccc(Cl)cc1)c1ccc(Cl)cc1. The molecule has 0 unspecified atom stereocenters. The summed E-state index contributed by atoms with van der Waals surface area (Å²) in [6.45, 7) is 0. The van der Waals surface area contributed by atoms with Crippen molar-refractivity contribution in [1.82, 2.24) is 0 Å². The van der Waals surface area contributed by atoms with Gasteiger partial charge in [-0.15, -0.1) is 0 Å². The fourth-order valence-electron chi connectivity index (χ4n) is 1.50. The number of hydrogen-bond donors (Lipinski definition) is 0. The highest BCUT2D eigenvalue weighted by atomic mass is 35.5. The van der Waals surface area contributed by atoms with E-state index >= 15 is 0 Å². The molecule has 2 aromatic rings. The second-order valence-electron chi connectivity index (χ2n) is 3.54. The van der Waals surface area contributed by atoms with Gasteiger partial charge in [0.1, 0.15) is 0 Å². The van der Waals surface area contributed by atoms with Gasteiger partial charge in [-0.25, -0.2) is 0 Å². The van der Waals surface area contributed by atoms with Crippen LogP contribution in [0.3, 0.4) is 0 Å². The fourth-order valence-corrected chi connectivity index (χ4v) is 2.14. The summed E-state index contributed by atoms with van der Waals surface area (Å²) in [4.78, 5) is 0. The molecule has 0 saturated heterocycles. The van der Waals surface area contributed by atoms with E-state index in [1.807, 2.05) is 48.5 Å². The van der Waals surface area contributed by atoms with E-state index < -0.39 is 0 Å². The van der Waals surface area contributed by atoms with Crippen molar-refractivity contribution in [3.63, 3.8) is 0 Å². The Balaban J connectivity index is 2.28. The van der Waals surface area contributed by atoms with E-state index in [1.165, 1.54) is 11.1 Å². The number of hydrogen-bond acceptors (Lipinski definition) is 0. The van der Waals surface area contributed by atoms with Crippen LogP contribution in [0, 0.1) is 0 Å². The topological polar surface area (TPSA) is 0 Å². The lowest BCUT2D eigenvalue weighted by atomic mass is 10.0. The molecule has 0 heterocycles. The summed E-state index contributed by atoms with van der Waals surface area (Å²) in [5.74, 6) is 0. The van der Waals surface area contributed by atoms with Gasteiger partial charge in [-0.1, -0.05) is 47.5 Å². The zero-order valence-corrected chi connectivity index (χ0v) is 11.0. The first-order valence-electron chi connectivity index (χ1n) is 4.89. The Labute approximate surface area is 109 Å². The molecule has 0 bridgehead atoms. The van der Waals surface area contributed by atoms with E-state index in [9.17, 15) is 0 Å². The van der Waals surface area contributed by atoms with Gasteiger partial charge in [-0.05, 0) is 40.9 Å². The number of halogens is 2. The van der Waals surface area contributed by atoms with Gasteiger partial charge in [0, 0.05) is 20.3 Å². The predicted molar refractivity (Wildman–Crippen MR) is 70.5 cm³/mol. The van der Waals surface area contributed by atoms with Gasteiger partial charge >= 0.3 is 0 Å². The lowest BCUT2D eigenvalue weighted by molar-refractivity contribution is 1.14. The first kappa shape index (κ1) is 11.7. The largest absolute Gasteiger partial charge is 0.0843 e. The van der Waals surface area contributed by atoms with Gasteiger partial charge in [0.05, 0.1) is 0 Å². The maximum atomic E-state index is 5.85. The second-order valence-corrected chi connectivity index (χ2v) is 4.99. The van der Waals surface area contributed by atoms with Gasteiger partial charge in [-0.3, -0.25) is 0 Å². The van der Waals surface area contributed by atoms with Crippen molar-refractivity contribution in [3.8, 4) is 0 Å². The maximum Gasteiger partial charge on any atom is 0.0406 e. The van der Waals surface area contributed by atoms with Crippen LogP contribution < -0.4 is 0 Å². The van der Waals surface area contributed by atoms with Crippen LogP contribution in [0.25, 0.3) is 0 Å². The Morgan fingerprint density at radius 3 is 1.31 bits per heavy atom. The third-order valence-electron chi connectivity index (χ3n) is 2.41. The van der Waals surface area contributed by atoms with Gasteiger partial charge in [0.25, 0.3) is 0 Å². The lowest BCUT2D eigenvalue weighted by Crippen LogP contribution is -1.99. The first-order valence-corrected chi connectivity index (χ1v) is 6.22. The first-order chi connectivity index (χ1) is 7.66. The number of rotatable bonds is 2. The van der Waals surface area contributed by atoms with Gasteiger partial charge < -0.3 is 0 Å². The Morgan fingerprint density at radius 2 is 1.00 bits per heavy atom. The van der Waals surface area contributed by atoms with E-state index in [4.69, 9.17) is 23.2 Å². The molecule has 0 aliphatic rings. The standard InChI is InChI=1S/C13H9Cl2Si/c14-11-5-1-9(2-6-11)13(16)10-3-7-12(15)8-4-10/h1-8,13H. The Bertz CT molecular complexity index is 417. The summed E-state index contributed by atoms with van der Waals surface area (Å²) < 4.78 is 0. The molecule has 0 amide bonds. The molecule has 2 aromatic carbocycles. The third kappa shape index (κ3) is 2.67. The van der Waals surface area contributed by atoms with Crippen LogP contribution >= 0.6 is 23.2 Å². The van der Waals surface area contributed by atoms with Crippen molar-refractivity contribution in [2.24, 2.45) is 0 Å². The summed E-state index contributed by atoms with van der Waals surface area (Å²) in [6.07, 6.45) is 0. The van der Waals surface area contributed by atoms with E-state index in [0.29, 0.717) is 0 Å². The molecule has 2 rings (SSSR count). The molecule has 0 atom stereocenters. The Hall–Kier alpha value is -0.763. The van der Waals surface area contributed by atoms with Crippen molar-refractivity contribution in [3.05, 3.63) is 69.7 Å². The normalized spacial score (nSPS) is 10.8. The number of benzene rings is 2. The molecule has 0 nitrogen and oxygen atoms in total. The van der Waals surface area contributed by atoms with Crippen LogP contribution in [-0.4, -0.2) is 10.2 Å². The molecular formula is C13H9Cl2Si. The average Bonchev–Trinajstić information content (AvgIpc) is 2.30. The van der Waals surface area contributed by atoms with Crippen molar-refractivity contribution in [1.29, 1.82) is 0 Å². The minimum Gasteiger partial charge on any atom is -0.0843 e. The average molecular weight is 264 g/mol. The maximum absolute atomic E-state index is 5.85. The highest BCUT2D eigenvalue weighted by molar-refractivity contribution is 6.31. The van der Waals surface area contributed by atoms with E-state index in [-0.39, 0.29) is 5.54 Å².